The zero-order chi connectivity index (χ0) is 37.6. The monoisotopic (exact) mass is 762 g/mol. The number of anilines is 4. The number of ether oxygens (including phenoxy) is 4. The zero-order valence-electron chi connectivity index (χ0n) is 31.4. The molecular formula is C44H50N4O4S2. The van der Waals surface area contributed by atoms with Crippen molar-refractivity contribution in [3.8, 4) is 23.0 Å². The minimum absolute atomic E-state index is 0.270. The summed E-state index contributed by atoms with van der Waals surface area (Å²) in [5.41, 5.74) is 6.34. The van der Waals surface area contributed by atoms with E-state index >= 15 is 0 Å². The van der Waals surface area contributed by atoms with E-state index in [1.807, 2.05) is 96.3 Å². The highest BCUT2D eigenvalue weighted by Gasteiger charge is 2.31. The lowest BCUT2D eigenvalue weighted by molar-refractivity contribution is 0.414. The smallest absolute Gasteiger partial charge is 0.119 e. The van der Waals surface area contributed by atoms with Crippen LogP contribution in [0.4, 0.5) is 22.7 Å². The molecule has 0 saturated heterocycles. The van der Waals surface area contributed by atoms with E-state index in [0.29, 0.717) is 0 Å². The lowest BCUT2D eigenvalue weighted by Crippen LogP contribution is -2.34. The zero-order valence-corrected chi connectivity index (χ0v) is 33.0. The van der Waals surface area contributed by atoms with Gasteiger partial charge in [0.05, 0.1) is 28.4 Å². The van der Waals surface area contributed by atoms with Crippen molar-refractivity contribution in [2.75, 3.05) is 61.2 Å². The Bertz CT molecular complexity index is 1770. The first-order valence-corrected chi connectivity index (χ1v) is 20.1. The molecule has 0 amide bonds. The second kappa shape index (κ2) is 18.8. The van der Waals surface area contributed by atoms with Crippen molar-refractivity contribution in [2.45, 2.75) is 35.4 Å². The number of rotatable bonds is 19. The van der Waals surface area contributed by atoms with Crippen LogP contribution in [0.2, 0.25) is 0 Å². The van der Waals surface area contributed by atoms with Gasteiger partial charge in [0, 0.05) is 47.0 Å². The number of nitrogens with one attached hydrogen (secondary N) is 4. The van der Waals surface area contributed by atoms with Gasteiger partial charge < -0.3 is 40.2 Å². The highest BCUT2D eigenvalue weighted by atomic mass is 32.2. The summed E-state index contributed by atoms with van der Waals surface area (Å²) in [6.07, 6.45) is 17.4. The summed E-state index contributed by atoms with van der Waals surface area (Å²) in [4.78, 5) is -0.539. The second-order valence-corrected chi connectivity index (χ2v) is 15.8. The molecule has 0 saturated carbocycles. The number of methoxy groups -OCH3 is 4. The molecule has 4 aromatic carbocycles. The fourth-order valence-corrected chi connectivity index (χ4v) is 8.67. The third kappa shape index (κ3) is 10.8. The molecule has 4 N–H and O–H groups in total. The Balaban J connectivity index is 1.06. The second-order valence-electron chi connectivity index (χ2n) is 13.0. The van der Waals surface area contributed by atoms with E-state index in [4.69, 9.17) is 18.9 Å². The van der Waals surface area contributed by atoms with Crippen molar-refractivity contribution >= 4 is 46.3 Å². The molecule has 10 heteroatoms. The van der Waals surface area contributed by atoms with Crippen LogP contribution >= 0.6 is 23.5 Å². The molecule has 0 aromatic heterocycles. The van der Waals surface area contributed by atoms with Gasteiger partial charge in [-0.3, -0.25) is 0 Å². The first kappa shape index (κ1) is 38.7. The van der Waals surface area contributed by atoms with Crippen LogP contribution < -0.4 is 40.2 Å². The van der Waals surface area contributed by atoms with Crippen LogP contribution in [-0.4, -0.2) is 49.7 Å². The molecule has 8 nitrogen and oxygen atoms in total. The van der Waals surface area contributed by atoms with Crippen LogP contribution in [0.1, 0.15) is 25.7 Å². The highest BCUT2D eigenvalue weighted by molar-refractivity contribution is 8.01. The van der Waals surface area contributed by atoms with Crippen molar-refractivity contribution in [3.63, 3.8) is 0 Å². The Labute approximate surface area is 328 Å². The Morgan fingerprint density at radius 2 is 0.778 bits per heavy atom. The van der Waals surface area contributed by atoms with Gasteiger partial charge in [-0.2, -0.15) is 0 Å². The molecule has 0 bridgehead atoms. The maximum Gasteiger partial charge on any atom is 0.119 e. The predicted octanol–water partition coefficient (Wildman–Crippen LogP) is 10.8. The third-order valence-electron chi connectivity index (χ3n) is 9.22. The number of allylic oxidation sites excluding steroid dienone is 2. The summed E-state index contributed by atoms with van der Waals surface area (Å²) >= 11 is 3.93. The van der Waals surface area contributed by atoms with Gasteiger partial charge in [-0.15, -0.1) is 23.5 Å². The molecule has 0 radical (unpaired) electrons. The number of hydrogen-bond donors (Lipinski definition) is 4. The third-order valence-corrected chi connectivity index (χ3v) is 12.0. The van der Waals surface area contributed by atoms with Crippen molar-refractivity contribution in [2.24, 2.45) is 0 Å². The van der Waals surface area contributed by atoms with Crippen molar-refractivity contribution < 1.29 is 18.9 Å². The van der Waals surface area contributed by atoms with Gasteiger partial charge in [0.15, 0.2) is 0 Å². The molecule has 0 fully saturated rings. The fourth-order valence-electron chi connectivity index (χ4n) is 6.13. The maximum absolute atomic E-state index is 5.40. The van der Waals surface area contributed by atoms with E-state index in [1.165, 1.54) is 0 Å². The molecule has 0 aliphatic heterocycles. The Hall–Kier alpha value is -5.06. The molecule has 0 heterocycles. The lowest BCUT2D eigenvalue weighted by atomic mass is 10.1. The molecule has 2 unspecified atom stereocenters. The van der Waals surface area contributed by atoms with Crippen LogP contribution in [0.5, 0.6) is 23.0 Å². The normalized spacial score (nSPS) is 18.9. The van der Waals surface area contributed by atoms with E-state index in [-0.39, 0.29) is 9.74 Å². The standard InChI is InChI=1S/C44H50N4O4S2/c1-49-39-15-7-33(8-16-39)45-35-23-27-43(28-24-35,47-37-11-19-41(51-3)20-12-37)53-31-5-6-32-54-44(48-38-13-21-42(52-4)22-14-38)29-25-36(26-30-44)46-34-9-17-40(50-2)18-10-34/h7-27,29,45-48H,5-6,28,30-32H2,1-4H3. The van der Waals surface area contributed by atoms with E-state index in [1.54, 1.807) is 28.4 Å². The first-order chi connectivity index (χ1) is 26.4. The number of hydrogen-bond acceptors (Lipinski definition) is 10. The van der Waals surface area contributed by atoms with Crippen molar-refractivity contribution in [3.05, 3.63) is 145 Å². The number of benzene rings is 4. The quantitative estimate of drug-likeness (QED) is 0.0547. The average Bonchev–Trinajstić information content (AvgIpc) is 3.22. The topological polar surface area (TPSA) is 85.0 Å². The molecule has 0 spiro atoms. The molecule has 4 aromatic rings. The van der Waals surface area contributed by atoms with Gasteiger partial charge in [0.2, 0.25) is 0 Å². The van der Waals surface area contributed by atoms with E-state index in [9.17, 15) is 0 Å². The Morgan fingerprint density at radius 1 is 0.463 bits per heavy atom. The van der Waals surface area contributed by atoms with Crippen LogP contribution in [0.3, 0.4) is 0 Å². The molecule has 2 atom stereocenters. The molecule has 6 rings (SSSR count). The lowest BCUT2D eigenvalue weighted by Gasteiger charge is -2.35. The maximum atomic E-state index is 5.40. The first-order valence-electron chi connectivity index (χ1n) is 18.1. The summed E-state index contributed by atoms with van der Waals surface area (Å²) in [5.74, 6) is 5.42. The summed E-state index contributed by atoms with van der Waals surface area (Å²) in [6, 6.07) is 32.3. The van der Waals surface area contributed by atoms with Gasteiger partial charge in [-0.1, -0.05) is 12.2 Å². The van der Waals surface area contributed by atoms with Crippen LogP contribution in [0, 0.1) is 0 Å². The molecule has 54 heavy (non-hydrogen) atoms. The van der Waals surface area contributed by atoms with Crippen LogP contribution in [-0.2, 0) is 0 Å². The van der Waals surface area contributed by atoms with E-state index < -0.39 is 0 Å². The molecule has 2 aliphatic rings. The van der Waals surface area contributed by atoms with Gasteiger partial charge in [0.1, 0.15) is 32.7 Å². The number of thioether (sulfide) groups is 2. The molecular weight excluding hydrogens is 713 g/mol. The van der Waals surface area contributed by atoms with Gasteiger partial charge in [0.25, 0.3) is 0 Å². The average molecular weight is 763 g/mol. The van der Waals surface area contributed by atoms with Crippen LogP contribution in [0.25, 0.3) is 0 Å². The van der Waals surface area contributed by atoms with Crippen LogP contribution in [0.15, 0.2) is 145 Å². The van der Waals surface area contributed by atoms with Gasteiger partial charge in [-0.05, 0) is 146 Å². The molecule has 282 valence electrons. The predicted molar refractivity (Wildman–Crippen MR) is 230 cm³/mol. The Morgan fingerprint density at radius 3 is 1.06 bits per heavy atom. The van der Waals surface area contributed by atoms with Crippen molar-refractivity contribution in [1.82, 2.24) is 0 Å². The van der Waals surface area contributed by atoms with Gasteiger partial charge in [-0.25, -0.2) is 0 Å². The highest BCUT2D eigenvalue weighted by Crippen LogP contribution is 2.40. The molecule has 2 aliphatic carbocycles. The van der Waals surface area contributed by atoms with E-state index in [0.717, 1.165) is 94.3 Å². The minimum atomic E-state index is -0.270. The van der Waals surface area contributed by atoms with E-state index in [2.05, 4.69) is 82.0 Å². The van der Waals surface area contributed by atoms with Gasteiger partial charge >= 0.3 is 0 Å². The summed E-state index contributed by atoms with van der Waals surface area (Å²) in [5, 5.41) is 14.8. The Kier molecular flexibility index (Phi) is 13.5. The number of unbranched alkanes of at least 4 members (excludes halogenated alkanes) is 1. The summed E-state index contributed by atoms with van der Waals surface area (Å²) in [7, 11) is 6.76. The minimum Gasteiger partial charge on any atom is -0.497 e. The summed E-state index contributed by atoms with van der Waals surface area (Å²) < 4.78 is 21.4. The SMILES string of the molecule is COc1ccc(NC2=CCC(Nc3ccc(OC)cc3)(SCCCCSC3(Nc4ccc(OC)cc4)C=CC(Nc4ccc(OC)cc4)=CC3)C=C2)cc1. The summed E-state index contributed by atoms with van der Waals surface area (Å²) in [6.45, 7) is 0. The fraction of sp³-hybridized carbons (Fsp3) is 0.273. The largest absolute Gasteiger partial charge is 0.497 e. The van der Waals surface area contributed by atoms with Crippen molar-refractivity contribution in [1.29, 1.82) is 0 Å².